The molecular weight excluding hydrogens is 188 g/mol. The van der Waals surface area contributed by atoms with Gasteiger partial charge in [0.25, 0.3) is 0 Å². The molecule has 0 amide bonds. The molecule has 0 radical (unpaired) electrons. The number of carbonyl (C=O) groups is 1. The van der Waals surface area contributed by atoms with Gasteiger partial charge in [0.15, 0.2) is 6.10 Å². The summed E-state index contributed by atoms with van der Waals surface area (Å²) in [6.45, 7) is 0. The van der Waals surface area contributed by atoms with Gasteiger partial charge in [-0.25, -0.2) is 4.79 Å². The molecule has 0 aromatic heterocycles. The normalized spacial score (nSPS) is 31.8. The predicted octanol–water partition coefficient (Wildman–Crippen LogP) is 0.322. The molecule has 1 aliphatic rings. The summed E-state index contributed by atoms with van der Waals surface area (Å²) in [6.07, 6.45) is -0.271. The Morgan fingerprint density at radius 2 is 2.56 bits per heavy atom. The molecule has 9 heavy (non-hydrogen) atoms. The molecule has 1 heterocycles. The maximum atomic E-state index is 10.6. The van der Waals surface area contributed by atoms with Crippen molar-refractivity contribution in [3.63, 3.8) is 0 Å². The summed E-state index contributed by atoms with van der Waals surface area (Å²) >= 11 is 3.18. The van der Waals surface area contributed by atoms with E-state index in [2.05, 4.69) is 20.7 Å². The van der Waals surface area contributed by atoms with Crippen molar-refractivity contribution in [2.75, 3.05) is 12.4 Å². The average molecular weight is 195 g/mol. The molecule has 1 fully saturated rings. The molecule has 0 aromatic carbocycles. The minimum Gasteiger partial charge on any atom is -0.467 e. The first kappa shape index (κ1) is 7.02. The summed E-state index contributed by atoms with van der Waals surface area (Å²) in [5.41, 5.74) is 0. The fourth-order valence-corrected chi connectivity index (χ4v) is 1.08. The maximum absolute atomic E-state index is 10.6. The number of epoxide rings is 1. The number of rotatable bonds is 2. The Morgan fingerprint density at radius 3 is 2.89 bits per heavy atom. The highest BCUT2D eigenvalue weighted by Crippen LogP contribution is 2.24. The third-order valence-electron chi connectivity index (χ3n) is 1.17. The summed E-state index contributed by atoms with van der Waals surface area (Å²) < 4.78 is 9.32. The van der Waals surface area contributed by atoms with Crippen molar-refractivity contribution >= 4 is 21.9 Å². The molecule has 0 bridgehead atoms. The second-order valence-electron chi connectivity index (χ2n) is 1.77. The standard InChI is InChI=1S/C5H7BrO3/c1-8-5(7)4-3(2-6)9-4/h3-4H,2H2,1H3/t3-,4-/m0/s1. The van der Waals surface area contributed by atoms with E-state index < -0.39 is 0 Å². The zero-order chi connectivity index (χ0) is 6.85. The molecule has 1 aliphatic heterocycles. The van der Waals surface area contributed by atoms with E-state index in [0.29, 0.717) is 5.33 Å². The molecular formula is C5H7BrO3. The number of halogens is 1. The number of alkyl halides is 1. The topological polar surface area (TPSA) is 38.8 Å². The summed E-state index contributed by atoms with van der Waals surface area (Å²) in [5, 5.41) is 0.701. The van der Waals surface area contributed by atoms with Crippen molar-refractivity contribution in [1.29, 1.82) is 0 Å². The highest BCUT2D eigenvalue weighted by atomic mass is 79.9. The molecule has 0 spiro atoms. The first-order valence-corrected chi connectivity index (χ1v) is 3.71. The van der Waals surface area contributed by atoms with Crippen LogP contribution >= 0.6 is 15.9 Å². The van der Waals surface area contributed by atoms with Crippen LogP contribution < -0.4 is 0 Å². The van der Waals surface area contributed by atoms with Crippen LogP contribution in [0, 0.1) is 0 Å². The van der Waals surface area contributed by atoms with Crippen molar-refractivity contribution in [3.05, 3.63) is 0 Å². The van der Waals surface area contributed by atoms with Crippen molar-refractivity contribution in [1.82, 2.24) is 0 Å². The fourth-order valence-electron chi connectivity index (χ4n) is 0.584. The second kappa shape index (κ2) is 2.66. The minimum absolute atomic E-state index is 0.0393. The molecule has 0 N–H and O–H groups in total. The van der Waals surface area contributed by atoms with E-state index in [4.69, 9.17) is 4.74 Å². The van der Waals surface area contributed by atoms with Crippen LogP contribution in [0.1, 0.15) is 0 Å². The third kappa shape index (κ3) is 1.43. The molecule has 1 rings (SSSR count). The van der Waals surface area contributed by atoms with Crippen LogP contribution in [0.15, 0.2) is 0 Å². The monoisotopic (exact) mass is 194 g/mol. The Morgan fingerprint density at radius 1 is 1.89 bits per heavy atom. The average Bonchev–Trinajstić information content (AvgIpc) is 2.64. The van der Waals surface area contributed by atoms with E-state index in [1.54, 1.807) is 0 Å². The molecule has 1 saturated heterocycles. The van der Waals surface area contributed by atoms with E-state index in [1.165, 1.54) is 7.11 Å². The van der Waals surface area contributed by atoms with E-state index in [1.807, 2.05) is 0 Å². The van der Waals surface area contributed by atoms with Gasteiger partial charge in [-0.2, -0.15) is 0 Å². The molecule has 0 saturated carbocycles. The highest BCUT2D eigenvalue weighted by molar-refractivity contribution is 9.09. The first-order chi connectivity index (χ1) is 4.29. The van der Waals surface area contributed by atoms with Gasteiger partial charge in [0.1, 0.15) is 6.10 Å². The largest absolute Gasteiger partial charge is 0.467 e. The van der Waals surface area contributed by atoms with Gasteiger partial charge in [-0.3, -0.25) is 0 Å². The summed E-state index contributed by atoms with van der Waals surface area (Å²) in [6, 6.07) is 0. The first-order valence-electron chi connectivity index (χ1n) is 2.59. The lowest BCUT2D eigenvalue weighted by Crippen LogP contribution is -2.11. The number of esters is 1. The minimum atomic E-state index is -0.311. The fraction of sp³-hybridized carbons (Fsp3) is 0.800. The van der Waals surface area contributed by atoms with Crippen molar-refractivity contribution in [2.45, 2.75) is 12.2 Å². The van der Waals surface area contributed by atoms with Gasteiger partial charge in [0, 0.05) is 5.33 Å². The van der Waals surface area contributed by atoms with E-state index >= 15 is 0 Å². The van der Waals surface area contributed by atoms with Crippen molar-refractivity contribution < 1.29 is 14.3 Å². The zero-order valence-electron chi connectivity index (χ0n) is 4.96. The lowest BCUT2D eigenvalue weighted by molar-refractivity contribution is -0.142. The molecule has 3 nitrogen and oxygen atoms in total. The zero-order valence-corrected chi connectivity index (χ0v) is 6.55. The Hall–Kier alpha value is -0.0900. The van der Waals surface area contributed by atoms with Crippen molar-refractivity contribution in [3.8, 4) is 0 Å². The summed E-state index contributed by atoms with van der Waals surface area (Å²) in [5.74, 6) is -0.278. The van der Waals surface area contributed by atoms with E-state index in [-0.39, 0.29) is 18.2 Å². The van der Waals surface area contributed by atoms with Crippen LogP contribution in [0.25, 0.3) is 0 Å². The summed E-state index contributed by atoms with van der Waals surface area (Å²) in [4.78, 5) is 10.6. The van der Waals surface area contributed by atoms with Crippen LogP contribution in [0.5, 0.6) is 0 Å². The molecule has 4 heteroatoms. The van der Waals surface area contributed by atoms with Crippen molar-refractivity contribution in [2.24, 2.45) is 0 Å². The SMILES string of the molecule is COC(=O)[C@H]1O[C@H]1CBr. The Bertz CT molecular complexity index is 125. The lowest BCUT2D eigenvalue weighted by atomic mass is 10.3. The Balaban J connectivity index is 2.25. The number of carbonyl (C=O) groups excluding carboxylic acids is 1. The van der Waals surface area contributed by atoms with Crippen LogP contribution in [-0.2, 0) is 14.3 Å². The lowest BCUT2D eigenvalue weighted by Gasteiger charge is -1.89. The van der Waals surface area contributed by atoms with E-state index in [0.717, 1.165) is 0 Å². The van der Waals surface area contributed by atoms with Gasteiger partial charge in [0.2, 0.25) is 0 Å². The smallest absolute Gasteiger partial charge is 0.337 e. The van der Waals surface area contributed by atoms with Gasteiger partial charge >= 0.3 is 5.97 Å². The Kier molecular flexibility index (Phi) is 2.08. The molecule has 0 aliphatic carbocycles. The maximum Gasteiger partial charge on any atom is 0.337 e. The van der Waals surface area contributed by atoms with Gasteiger partial charge in [-0.15, -0.1) is 0 Å². The number of hydrogen-bond donors (Lipinski definition) is 0. The van der Waals surface area contributed by atoms with Crippen LogP contribution in [-0.4, -0.2) is 30.6 Å². The molecule has 52 valence electrons. The number of ether oxygens (including phenoxy) is 2. The quantitative estimate of drug-likeness (QED) is 0.362. The van der Waals surface area contributed by atoms with Crippen LogP contribution in [0.3, 0.4) is 0 Å². The van der Waals surface area contributed by atoms with E-state index in [9.17, 15) is 4.79 Å². The molecule has 0 unspecified atom stereocenters. The summed E-state index contributed by atoms with van der Waals surface area (Å²) in [7, 11) is 1.36. The predicted molar refractivity (Wildman–Crippen MR) is 34.5 cm³/mol. The van der Waals surface area contributed by atoms with Gasteiger partial charge in [0.05, 0.1) is 7.11 Å². The van der Waals surface area contributed by atoms with Gasteiger partial charge < -0.3 is 9.47 Å². The van der Waals surface area contributed by atoms with Crippen LogP contribution in [0.2, 0.25) is 0 Å². The molecule has 2 atom stereocenters. The molecule has 0 aromatic rings. The second-order valence-corrected chi connectivity index (χ2v) is 2.42. The Labute approximate surface area is 61.4 Å². The van der Waals surface area contributed by atoms with Gasteiger partial charge in [-0.1, -0.05) is 15.9 Å². The van der Waals surface area contributed by atoms with Crippen LogP contribution in [0.4, 0.5) is 0 Å². The number of hydrogen-bond acceptors (Lipinski definition) is 3. The third-order valence-corrected chi connectivity index (χ3v) is 1.81. The highest BCUT2D eigenvalue weighted by Gasteiger charge is 2.44. The number of methoxy groups -OCH3 is 1. The van der Waals surface area contributed by atoms with Gasteiger partial charge in [-0.05, 0) is 0 Å².